The lowest BCUT2D eigenvalue weighted by molar-refractivity contribution is 0.582. The lowest BCUT2D eigenvalue weighted by atomic mass is 10.1. The first kappa shape index (κ1) is 8.15. The first-order chi connectivity index (χ1) is 4.74. The molecule has 58 valence electrons. The SMILES string of the molecule is CNC(C)C1CC(C)=CS1. The zero-order valence-electron chi connectivity index (χ0n) is 6.85. The fraction of sp³-hybridized carbons (Fsp3) is 0.750. The third kappa shape index (κ3) is 1.77. The minimum atomic E-state index is 0.638. The first-order valence-electron chi connectivity index (χ1n) is 3.72. The first-order valence-corrected chi connectivity index (χ1v) is 4.66. The van der Waals surface area contributed by atoms with E-state index >= 15 is 0 Å². The fourth-order valence-corrected chi connectivity index (χ4v) is 2.33. The highest BCUT2D eigenvalue weighted by atomic mass is 32.2. The minimum absolute atomic E-state index is 0.638. The zero-order valence-corrected chi connectivity index (χ0v) is 7.66. The van der Waals surface area contributed by atoms with Gasteiger partial charge in [-0.05, 0) is 32.7 Å². The summed E-state index contributed by atoms with van der Waals surface area (Å²) in [5, 5.41) is 6.32. The van der Waals surface area contributed by atoms with E-state index in [1.54, 1.807) is 0 Å². The van der Waals surface area contributed by atoms with Gasteiger partial charge in [0.2, 0.25) is 0 Å². The van der Waals surface area contributed by atoms with Crippen LogP contribution < -0.4 is 5.32 Å². The molecule has 0 aromatic rings. The summed E-state index contributed by atoms with van der Waals surface area (Å²) in [4.78, 5) is 0. The molecule has 1 aliphatic rings. The molecule has 0 fully saturated rings. The highest BCUT2D eigenvalue weighted by Crippen LogP contribution is 2.31. The normalized spacial score (nSPS) is 28.3. The van der Waals surface area contributed by atoms with E-state index in [0.717, 1.165) is 5.25 Å². The molecule has 1 nitrogen and oxygen atoms in total. The Morgan fingerprint density at radius 3 is 2.90 bits per heavy atom. The molecule has 2 unspecified atom stereocenters. The smallest absolute Gasteiger partial charge is 0.0276 e. The molecule has 0 saturated heterocycles. The van der Waals surface area contributed by atoms with Crippen molar-refractivity contribution < 1.29 is 0 Å². The molecule has 0 amide bonds. The minimum Gasteiger partial charge on any atom is -0.316 e. The Hall–Kier alpha value is 0.0500. The molecule has 0 aliphatic carbocycles. The van der Waals surface area contributed by atoms with Crippen LogP contribution in [0.3, 0.4) is 0 Å². The van der Waals surface area contributed by atoms with Crippen molar-refractivity contribution in [2.24, 2.45) is 0 Å². The van der Waals surface area contributed by atoms with E-state index in [-0.39, 0.29) is 0 Å². The molecule has 10 heavy (non-hydrogen) atoms. The van der Waals surface area contributed by atoms with Crippen molar-refractivity contribution in [3.8, 4) is 0 Å². The van der Waals surface area contributed by atoms with Gasteiger partial charge in [0.15, 0.2) is 0 Å². The molecule has 0 bridgehead atoms. The Balaban J connectivity index is 2.34. The number of rotatable bonds is 2. The largest absolute Gasteiger partial charge is 0.316 e. The summed E-state index contributed by atoms with van der Waals surface area (Å²) in [6.07, 6.45) is 1.26. The van der Waals surface area contributed by atoms with Gasteiger partial charge >= 0.3 is 0 Å². The molecule has 0 aromatic heterocycles. The maximum absolute atomic E-state index is 3.27. The quantitative estimate of drug-likeness (QED) is 0.658. The standard InChI is InChI=1S/C8H15NS/c1-6-4-8(10-5-6)7(2)9-3/h5,7-9H,4H2,1-3H3. The van der Waals surface area contributed by atoms with Gasteiger partial charge in [-0.3, -0.25) is 0 Å². The second-order valence-electron chi connectivity index (χ2n) is 2.92. The van der Waals surface area contributed by atoms with E-state index in [1.165, 1.54) is 12.0 Å². The molecular formula is C8H15NS. The fourth-order valence-electron chi connectivity index (χ4n) is 1.10. The third-order valence-corrected chi connectivity index (χ3v) is 3.44. The molecule has 0 radical (unpaired) electrons. The van der Waals surface area contributed by atoms with Crippen LogP contribution in [0.5, 0.6) is 0 Å². The number of hydrogen-bond donors (Lipinski definition) is 1. The van der Waals surface area contributed by atoms with Crippen LogP contribution >= 0.6 is 11.8 Å². The maximum Gasteiger partial charge on any atom is 0.0276 e. The van der Waals surface area contributed by atoms with Crippen molar-refractivity contribution in [1.82, 2.24) is 5.32 Å². The molecule has 0 saturated carbocycles. The topological polar surface area (TPSA) is 12.0 Å². The Kier molecular flexibility index (Phi) is 2.81. The van der Waals surface area contributed by atoms with Crippen LogP contribution in [0.1, 0.15) is 20.3 Å². The van der Waals surface area contributed by atoms with Crippen LogP contribution in [-0.4, -0.2) is 18.3 Å². The average Bonchev–Trinajstić information content (AvgIpc) is 2.34. The van der Waals surface area contributed by atoms with Gasteiger partial charge in [-0.1, -0.05) is 5.57 Å². The molecule has 0 aromatic carbocycles. The van der Waals surface area contributed by atoms with E-state index in [2.05, 4.69) is 24.6 Å². The predicted molar refractivity (Wildman–Crippen MR) is 48.3 cm³/mol. The summed E-state index contributed by atoms with van der Waals surface area (Å²) >= 11 is 1.96. The van der Waals surface area contributed by atoms with Crippen LogP contribution in [0, 0.1) is 0 Å². The molecule has 1 rings (SSSR count). The van der Waals surface area contributed by atoms with E-state index in [0.29, 0.717) is 6.04 Å². The highest BCUT2D eigenvalue weighted by Gasteiger charge is 2.19. The second-order valence-corrected chi connectivity index (χ2v) is 4.03. The van der Waals surface area contributed by atoms with Gasteiger partial charge in [0.1, 0.15) is 0 Å². The second kappa shape index (κ2) is 3.44. The van der Waals surface area contributed by atoms with Crippen molar-refractivity contribution >= 4 is 11.8 Å². The molecule has 0 spiro atoms. The summed E-state index contributed by atoms with van der Waals surface area (Å²) < 4.78 is 0. The lowest BCUT2D eigenvalue weighted by Gasteiger charge is -2.16. The van der Waals surface area contributed by atoms with Crippen LogP contribution in [0.15, 0.2) is 11.0 Å². The lowest BCUT2D eigenvalue weighted by Crippen LogP contribution is -2.31. The van der Waals surface area contributed by atoms with Crippen LogP contribution in [0.2, 0.25) is 0 Å². The van der Waals surface area contributed by atoms with Gasteiger partial charge < -0.3 is 5.32 Å². The monoisotopic (exact) mass is 157 g/mol. The van der Waals surface area contributed by atoms with Crippen LogP contribution in [0.4, 0.5) is 0 Å². The predicted octanol–water partition coefficient (Wildman–Crippen LogP) is 2.00. The maximum atomic E-state index is 3.27. The molecular weight excluding hydrogens is 142 g/mol. The van der Waals surface area contributed by atoms with Gasteiger partial charge in [0.05, 0.1) is 0 Å². The summed E-state index contributed by atoms with van der Waals surface area (Å²) in [7, 11) is 2.03. The Morgan fingerprint density at radius 2 is 2.50 bits per heavy atom. The summed E-state index contributed by atoms with van der Waals surface area (Å²) in [6, 6.07) is 0.638. The van der Waals surface area contributed by atoms with Gasteiger partial charge in [-0.25, -0.2) is 0 Å². The molecule has 2 atom stereocenters. The van der Waals surface area contributed by atoms with Crippen molar-refractivity contribution in [2.75, 3.05) is 7.05 Å². The van der Waals surface area contributed by atoms with Gasteiger partial charge in [0.25, 0.3) is 0 Å². The summed E-state index contributed by atoms with van der Waals surface area (Å²) in [6.45, 7) is 4.44. The molecule has 1 aliphatic heterocycles. The highest BCUT2D eigenvalue weighted by molar-refractivity contribution is 8.03. The van der Waals surface area contributed by atoms with Gasteiger partial charge in [-0.2, -0.15) is 0 Å². The molecule has 1 heterocycles. The van der Waals surface area contributed by atoms with Gasteiger partial charge in [0, 0.05) is 11.3 Å². The summed E-state index contributed by atoms with van der Waals surface area (Å²) in [5.41, 5.74) is 1.53. The van der Waals surface area contributed by atoms with E-state index < -0.39 is 0 Å². The number of thioether (sulfide) groups is 1. The van der Waals surface area contributed by atoms with Crippen molar-refractivity contribution in [2.45, 2.75) is 31.6 Å². The Morgan fingerprint density at radius 1 is 1.80 bits per heavy atom. The van der Waals surface area contributed by atoms with Crippen molar-refractivity contribution in [3.05, 3.63) is 11.0 Å². The van der Waals surface area contributed by atoms with E-state index in [9.17, 15) is 0 Å². The van der Waals surface area contributed by atoms with Crippen LogP contribution in [0.25, 0.3) is 0 Å². The third-order valence-electron chi connectivity index (χ3n) is 1.98. The number of hydrogen-bond acceptors (Lipinski definition) is 2. The van der Waals surface area contributed by atoms with Crippen molar-refractivity contribution in [1.29, 1.82) is 0 Å². The Labute approximate surface area is 67.3 Å². The van der Waals surface area contributed by atoms with Crippen molar-refractivity contribution in [3.63, 3.8) is 0 Å². The number of allylic oxidation sites excluding steroid dienone is 1. The number of nitrogens with one attached hydrogen (secondary N) is 1. The summed E-state index contributed by atoms with van der Waals surface area (Å²) in [5.74, 6) is 0. The zero-order chi connectivity index (χ0) is 7.56. The van der Waals surface area contributed by atoms with E-state index in [4.69, 9.17) is 0 Å². The van der Waals surface area contributed by atoms with Gasteiger partial charge in [-0.15, -0.1) is 11.8 Å². The van der Waals surface area contributed by atoms with E-state index in [1.807, 2.05) is 18.8 Å². The molecule has 2 heteroatoms. The Bertz CT molecular complexity index is 142. The van der Waals surface area contributed by atoms with Crippen LogP contribution in [-0.2, 0) is 0 Å². The molecule has 1 N–H and O–H groups in total. The average molecular weight is 157 g/mol.